The largest absolute Gasteiger partial charge is 0.454 e. The zero-order chi connectivity index (χ0) is 15.7. The molecule has 1 heterocycles. The highest BCUT2D eigenvalue weighted by Crippen LogP contribution is 2.37. The van der Waals surface area contributed by atoms with Crippen LogP contribution in [0.5, 0.6) is 0 Å². The van der Waals surface area contributed by atoms with E-state index < -0.39 is 5.97 Å². The molecule has 22 heavy (non-hydrogen) atoms. The Bertz CT molecular complexity index is 490. The second-order valence-electron chi connectivity index (χ2n) is 6.26. The van der Waals surface area contributed by atoms with Crippen LogP contribution < -0.4 is 5.32 Å². The van der Waals surface area contributed by atoms with Crippen molar-refractivity contribution in [3.05, 3.63) is 0 Å². The molecule has 2 saturated carbocycles. The molecule has 0 unspecified atom stereocenters. The van der Waals surface area contributed by atoms with E-state index in [9.17, 15) is 19.2 Å². The van der Waals surface area contributed by atoms with Crippen LogP contribution in [0.1, 0.15) is 38.5 Å². The van der Waals surface area contributed by atoms with Gasteiger partial charge in [0.25, 0.3) is 5.91 Å². The third-order valence-electron chi connectivity index (χ3n) is 4.53. The minimum Gasteiger partial charge on any atom is -0.454 e. The number of ether oxygens (including phenoxy) is 1. The quantitative estimate of drug-likeness (QED) is 0.569. The minimum atomic E-state index is -0.716. The predicted octanol–water partition coefficient (Wildman–Crippen LogP) is -0.0166. The molecule has 2 aliphatic carbocycles. The number of likely N-dealkylation sites (tertiary alicyclic amines) is 1. The number of fused-ring (bicyclic) bond motifs is 1. The molecule has 0 aromatic heterocycles. The fraction of sp³-hybridized carbons (Fsp3) is 0.733. The van der Waals surface area contributed by atoms with Crippen molar-refractivity contribution in [2.75, 3.05) is 13.2 Å². The maximum atomic E-state index is 12.2. The van der Waals surface area contributed by atoms with Crippen molar-refractivity contribution in [1.29, 1.82) is 0 Å². The summed E-state index contributed by atoms with van der Waals surface area (Å²) in [6, 6.07) is 0.205. The van der Waals surface area contributed by atoms with Gasteiger partial charge in [0, 0.05) is 6.04 Å². The highest BCUT2D eigenvalue weighted by Gasteiger charge is 2.48. The standard InChI is InChI=1S/C15H20N2O5/c18-12(16-9-5-6-9)8-22-13(19)7-17-14(20)10-3-1-2-4-11(10)15(17)21/h9-11H,1-8H2,(H,16,18)/t10-,11-/m1/s1. The lowest BCUT2D eigenvalue weighted by molar-refractivity contribution is -0.154. The third kappa shape index (κ3) is 3.13. The van der Waals surface area contributed by atoms with Crippen molar-refractivity contribution >= 4 is 23.7 Å². The van der Waals surface area contributed by atoms with E-state index in [1.54, 1.807) is 0 Å². The van der Waals surface area contributed by atoms with Crippen molar-refractivity contribution in [3.8, 4) is 0 Å². The molecular weight excluding hydrogens is 288 g/mol. The van der Waals surface area contributed by atoms with E-state index in [1.165, 1.54) is 0 Å². The normalized spacial score (nSPS) is 27.5. The first-order chi connectivity index (χ1) is 10.6. The van der Waals surface area contributed by atoms with Crippen LogP contribution in [0.25, 0.3) is 0 Å². The molecule has 3 rings (SSSR count). The third-order valence-corrected chi connectivity index (χ3v) is 4.53. The summed E-state index contributed by atoms with van der Waals surface area (Å²) in [6.45, 7) is -0.750. The van der Waals surface area contributed by atoms with Crippen LogP contribution in [0, 0.1) is 11.8 Å². The van der Waals surface area contributed by atoms with Crippen molar-refractivity contribution in [1.82, 2.24) is 10.2 Å². The molecule has 7 heteroatoms. The molecule has 0 aromatic rings. The summed E-state index contributed by atoms with van der Waals surface area (Å²) in [4.78, 5) is 48.6. The lowest BCUT2D eigenvalue weighted by atomic mass is 9.81. The van der Waals surface area contributed by atoms with E-state index in [2.05, 4.69) is 5.32 Å². The van der Waals surface area contributed by atoms with Gasteiger partial charge in [-0.2, -0.15) is 0 Å². The van der Waals surface area contributed by atoms with Crippen molar-refractivity contribution in [2.24, 2.45) is 11.8 Å². The Morgan fingerprint density at radius 2 is 1.64 bits per heavy atom. The number of esters is 1. The first kappa shape index (κ1) is 15.0. The molecule has 3 aliphatic rings. The lowest BCUT2D eigenvalue weighted by Crippen LogP contribution is -2.38. The Hall–Kier alpha value is -1.92. The Morgan fingerprint density at radius 3 is 2.18 bits per heavy atom. The van der Waals surface area contributed by atoms with Gasteiger partial charge in [-0.25, -0.2) is 0 Å². The molecule has 0 aromatic carbocycles. The Balaban J connectivity index is 1.49. The van der Waals surface area contributed by atoms with Gasteiger partial charge in [0.05, 0.1) is 11.8 Å². The van der Waals surface area contributed by atoms with Gasteiger partial charge < -0.3 is 10.1 Å². The van der Waals surface area contributed by atoms with Gasteiger partial charge in [0.1, 0.15) is 6.54 Å². The summed E-state index contributed by atoms with van der Waals surface area (Å²) < 4.78 is 4.85. The Morgan fingerprint density at radius 1 is 1.05 bits per heavy atom. The fourth-order valence-electron chi connectivity index (χ4n) is 3.20. The Kier molecular flexibility index (Phi) is 4.13. The molecular formula is C15H20N2O5. The summed E-state index contributed by atoms with van der Waals surface area (Å²) in [5, 5.41) is 2.70. The highest BCUT2D eigenvalue weighted by atomic mass is 16.5. The molecule has 1 saturated heterocycles. The lowest BCUT2D eigenvalue weighted by Gasteiger charge is -2.19. The summed E-state index contributed by atoms with van der Waals surface area (Å²) in [5.41, 5.74) is 0. The van der Waals surface area contributed by atoms with E-state index in [1.807, 2.05) is 0 Å². The minimum absolute atomic E-state index is 0.205. The number of carbonyl (C=O) groups excluding carboxylic acids is 4. The van der Waals surface area contributed by atoms with Crippen LogP contribution in [0.2, 0.25) is 0 Å². The first-order valence-electron chi connectivity index (χ1n) is 7.86. The number of carbonyl (C=O) groups is 4. The van der Waals surface area contributed by atoms with Crippen molar-refractivity contribution in [2.45, 2.75) is 44.6 Å². The summed E-state index contributed by atoms with van der Waals surface area (Å²) in [7, 11) is 0. The highest BCUT2D eigenvalue weighted by molar-refractivity contribution is 6.07. The number of rotatable bonds is 5. The van der Waals surface area contributed by atoms with Crippen LogP contribution >= 0.6 is 0 Å². The predicted molar refractivity (Wildman–Crippen MR) is 74.3 cm³/mol. The number of hydrogen-bond acceptors (Lipinski definition) is 5. The van der Waals surface area contributed by atoms with Gasteiger partial charge in [0.15, 0.2) is 6.61 Å². The van der Waals surface area contributed by atoms with E-state index in [0.29, 0.717) is 12.8 Å². The first-order valence-corrected chi connectivity index (χ1v) is 7.86. The molecule has 1 aliphatic heterocycles. The van der Waals surface area contributed by atoms with Gasteiger partial charge in [-0.3, -0.25) is 24.1 Å². The zero-order valence-corrected chi connectivity index (χ0v) is 12.4. The van der Waals surface area contributed by atoms with Gasteiger partial charge in [-0.05, 0) is 25.7 Å². The van der Waals surface area contributed by atoms with Gasteiger partial charge in [0.2, 0.25) is 11.8 Å². The molecule has 0 bridgehead atoms. The van der Waals surface area contributed by atoms with Gasteiger partial charge >= 0.3 is 5.97 Å². The summed E-state index contributed by atoms with van der Waals surface area (Å²) in [6.07, 6.45) is 5.23. The molecule has 7 nitrogen and oxygen atoms in total. The van der Waals surface area contributed by atoms with Crippen molar-refractivity contribution < 1.29 is 23.9 Å². The monoisotopic (exact) mass is 308 g/mol. The van der Waals surface area contributed by atoms with Crippen LogP contribution in [-0.4, -0.2) is 47.8 Å². The number of imide groups is 1. The van der Waals surface area contributed by atoms with E-state index in [4.69, 9.17) is 4.74 Å². The summed E-state index contributed by atoms with van der Waals surface area (Å²) in [5.74, 6) is -2.14. The maximum absolute atomic E-state index is 12.2. The van der Waals surface area contributed by atoms with Gasteiger partial charge in [-0.1, -0.05) is 12.8 Å². The molecule has 120 valence electrons. The molecule has 3 fully saturated rings. The average molecular weight is 308 g/mol. The van der Waals surface area contributed by atoms with Crippen LogP contribution in [0.3, 0.4) is 0 Å². The fourth-order valence-corrected chi connectivity index (χ4v) is 3.20. The topological polar surface area (TPSA) is 92.8 Å². The Labute approximate surface area is 128 Å². The zero-order valence-electron chi connectivity index (χ0n) is 12.4. The molecule has 1 N–H and O–H groups in total. The molecule has 0 radical (unpaired) electrons. The molecule has 2 atom stereocenters. The smallest absolute Gasteiger partial charge is 0.326 e. The van der Waals surface area contributed by atoms with Crippen molar-refractivity contribution in [3.63, 3.8) is 0 Å². The number of nitrogens with zero attached hydrogens (tertiary/aromatic N) is 1. The SMILES string of the molecule is O=C(COC(=O)CN1C(=O)[C@@H]2CCCC[C@H]2C1=O)NC1CC1. The van der Waals surface area contributed by atoms with E-state index >= 15 is 0 Å². The van der Waals surface area contributed by atoms with Crippen LogP contribution in [0.4, 0.5) is 0 Å². The second-order valence-corrected chi connectivity index (χ2v) is 6.26. The number of nitrogens with one attached hydrogen (secondary N) is 1. The molecule has 3 amide bonds. The van der Waals surface area contributed by atoms with E-state index in [-0.39, 0.29) is 48.8 Å². The van der Waals surface area contributed by atoms with Gasteiger partial charge in [-0.15, -0.1) is 0 Å². The number of hydrogen-bond donors (Lipinski definition) is 1. The second kappa shape index (κ2) is 6.06. The van der Waals surface area contributed by atoms with Crippen LogP contribution in [-0.2, 0) is 23.9 Å². The number of amides is 3. The maximum Gasteiger partial charge on any atom is 0.326 e. The van der Waals surface area contributed by atoms with Crippen LogP contribution in [0.15, 0.2) is 0 Å². The molecule has 0 spiro atoms. The average Bonchev–Trinajstić information content (AvgIpc) is 3.29. The van der Waals surface area contributed by atoms with E-state index in [0.717, 1.165) is 30.6 Å². The summed E-state index contributed by atoms with van der Waals surface area (Å²) >= 11 is 0.